The van der Waals surface area contributed by atoms with Crippen molar-refractivity contribution in [2.75, 3.05) is 6.61 Å². The Hall–Kier alpha value is -0.120. The topological polar surface area (TPSA) is 32.4 Å². The second kappa shape index (κ2) is 14.0. The summed E-state index contributed by atoms with van der Waals surface area (Å²) in [6, 6.07) is 0. The molecule has 1 radical (unpaired) electrons. The quantitative estimate of drug-likeness (QED) is 0.249. The first-order chi connectivity index (χ1) is 13.3. The van der Waals surface area contributed by atoms with E-state index in [1.165, 1.54) is 88.5 Å². The van der Waals surface area contributed by atoms with Crippen LogP contribution in [0.3, 0.4) is 0 Å². The van der Waals surface area contributed by atoms with Crippen molar-refractivity contribution in [3.05, 3.63) is 0 Å². The molecule has 1 heterocycles. The minimum atomic E-state index is -0.318. The van der Waals surface area contributed by atoms with E-state index in [-0.39, 0.29) is 17.2 Å². The van der Waals surface area contributed by atoms with Crippen LogP contribution in [0, 0.1) is 0 Å². The van der Waals surface area contributed by atoms with E-state index >= 15 is 0 Å². The molecule has 3 nitrogen and oxygen atoms in total. The lowest BCUT2D eigenvalue weighted by atomic mass is 9.80. The maximum Gasteiger partial charge on any atom is 0.0611 e. The Labute approximate surface area is 176 Å². The maximum absolute atomic E-state index is 12.4. The van der Waals surface area contributed by atoms with Crippen molar-refractivity contribution in [1.29, 1.82) is 0 Å². The minimum absolute atomic E-state index is 0.233. The number of hydrogen-bond donors (Lipinski definition) is 0. The van der Waals surface area contributed by atoms with Gasteiger partial charge >= 0.3 is 0 Å². The second-order valence-electron chi connectivity index (χ2n) is 10.4. The van der Waals surface area contributed by atoms with E-state index in [0.717, 1.165) is 25.9 Å². The lowest BCUT2D eigenvalue weighted by Crippen LogP contribution is -2.59. The second-order valence-corrected chi connectivity index (χ2v) is 10.4. The van der Waals surface area contributed by atoms with Crippen LogP contribution in [-0.2, 0) is 9.94 Å². The Kier molecular flexibility index (Phi) is 12.9. The molecule has 0 saturated carbocycles. The highest BCUT2D eigenvalue weighted by atomic mass is 16.5. The summed E-state index contributed by atoms with van der Waals surface area (Å²) < 4.78 is 6.14. The monoisotopic (exact) mass is 396 g/mol. The van der Waals surface area contributed by atoms with E-state index in [1.807, 2.05) is 27.7 Å². The lowest BCUT2D eigenvalue weighted by Gasteiger charge is -2.49. The largest absolute Gasteiger partial charge is 0.378 e. The zero-order valence-corrected chi connectivity index (χ0v) is 19.9. The highest BCUT2D eigenvalue weighted by Crippen LogP contribution is 2.38. The van der Waals surface area contributed by atoms with Gasteiger partial charge < -0.3 is 4.74 Å². The predicted molar refractivity (Wildman–Crippen MR) is 120 cm³/mol. The number of hydrogen-bond acceptors (Lipinski definition) is 2. The summed E-state index contributed by atoms with van der Waals surface area (Å²) in [5.74, 6) is 0. The molecule has 0 N–H and O–H groups in total. The van der Waals surface area contributed by atoms with Crippen LogP contribution in [0.2, 0.25) is 0 Å². The number of hydroxylamine groups is 2. The Bertz CT molecular complexity index is 363. The van der Waals surface area contributed by atoms with Gasteiger partial charge in [0.05, 0.1) is 6.10 Å². The van der Waals surface area contributed by atoms with Crippen molar-refractivity contribution < 1.29 is 9.94 Å². The van der Waals surface area contributed by atoms with Gasteiger partial charge in [0.1, 0.15) is 0 Å². The average Bonchev–Trinajstić information content (AvgIpc) is 2.62. The summed E-state index contributed by atoms with van der Waals surface area (Å²) >= 11 is 0. The molecule has 167 valence electrons. The Balaban J connectivity index is 1.91. The Morgan fingerprint density at radius 1 is 0.679 bits per heavy atom. The zero-order chi connectivity index (χ0) is 20.9. The fraction of sp³-hybridized carbons (Fsp3) is 1.00. The molecular weight excluding hydrogens is 346 g/mol. The Morgan fingerprint density at radius 3 is 1.43 bits per heavy atom. The summed E-state index contributed by atoms with van der Waals surface area (Å²) in [6.45, 7) is 11.3. The van der Waals surface area contributed by atoms with Gasteiger partial charge in [-0.05, 0) is 47.0 Å². The van der Waals surface area contributed by atoms with Gasteiger partial charge in [-0.25, -0.2) is 0 Å². The summed E-state index contributed by atoms with van der Waals surface area (Å²) in [6.07, 6.45) is 21.3. The van der Waals surface area contributed by atoms with Crippen LogP contribution < -0.4 is 0 Å². The molecule has 1 rings (SSSR count). The fourth-order valence-corrected chi connectivity index (χ4v) is 4.84. The molecule has 1 aliphatic rings. The van der Waals surface area contributed by atoms with E-state index in [9.17, 15) is 5.21 Å². The normalized spacial score (nSPS) is 19.9. The van der Waals surface area contributed by atoms with E-state index in [4.69, 9.17) is 4.74 Å². The molecule has 0 aromatic carbocycles. The first-order valence-corrected chi connectivity index (χ1v) is 12.4. The van der Waals surface area contributed by atoms with Gasteiger partial charge in [-0.2, -0.15) is 0 Å². The van der Waals surface area contributed by atoms with Crippen molar-refractivity contribution in [3.8, 4) is 0 Å². The highest BCUT2D eigenvalue weighted by molar-refractivity contribution is 4.96. The molecule has 0 unspecified atom stereocenters. The van der Waals surface area contributed by atoms with Gasteiger partial charge in [0.25, 0.3) is 0 Å². The van der Waals surface area contributed by atoms with Gasteiger partial charge in [0.2, 0.25) is 0 Å². The van der Waals surface area contributed by atoms with Gasteiger partial charge in [0.15, 0.2) is 0 Å². The van der Waals surface area contributed by atoms with Crippen LogP contribution in [0.15, 0.2) is 0 Å². The molecule has 0 amide bonds. The zero-order valence-electron chi connectivity index (χ0n) is 19.9. The number of piperidine rings is 1. The maximum atomic E-state index is 12.4. The molecule has 0 atom stereocenters. The van der Waals surface area contributed by atoms with Crippen molar-refractivity contribution in [2.24, 2.45) is 0 Å². The van der Waals surface area contributed by atoms with Gasteiger partial charge in [-0.15, -0.1) is 10.3 Å². The standard InChI is InChI=1S/C25H50NO2/c1-6-7-8-9-10-11-12-13-14-15-16-17-18-19-20-28-23-21-24(2,3)26(27)25(4,5)22-23/h23H,6-22H2,1-5H3. The van der Waals surface area contributed by atoms with Crippen LogP contribution in [0.4, 0.5) is 0 Å². The number of rotatable bonds is 16. The highest BCUT2D eigenvalue weighted by Gasteiger charge is 2.46. The molecule has 0 spiro atoms. The molecule has 28 heavy (non-hydrogen) atoms. The number of ether oxygens (including phenoxy) is 1. The van der Waals surface area contributed by atoms with Crippen LogP contribution >= 0.6 is 0 Å². The minimum Gasteiger partial charge on any atom is -0.378 e. The molecular formula is C25H50NO2. The molecule has 0 aromatic heterocycles. The van der Waals surface area contributed by atoms with Gasteiger partial charge in [-0.1, -0.05) is 90.4 Å². The van der Waals surface area contributed by atoms with E-state index < -0.39 is 0 Å². The van der Waals surface area contributed by atoms with Crippen molar-refractivity contribution >= 4 is 0 Å². The summed E-state index contributed by atoms with van der Waals surface area (Å²) in [5.41, 5.74) is -0.635. The molecule has 1 fully saturated rings. The fourth-order valence-electron chi connectivity index (χ4n) is 4.84. The SMILES string of the molecule is CCCCCCCCCCCCCCCCOC1CC(C)(C)N([O])C(C)(C)C1. The smallest absolute Gasteiger partial charge is 0.0611 e. The van der Waals surface area contributed by atoms with Crippen molar-refractivity contribution in [2.45, 2.75) is 155 Å². The van der Waals surface area contributed by atoms with Crippen LogP contribution in [0.25, 0.3) is 0 Å². The summed E-state index contributed by atoms with van der Waals surface area (Å²) in [7, 11) is 0. The summed E-state index contributed by atoms with van der Waals surface area (Å²) in [4.78, 5) is 0. The number of unbranched alkanes of at least 4 members (excludes halogenated alkanes) is 13. The van der Waals surface area contributed by atoms with Gasteiger partial charge in [-0.3, -0.25) is 0 Å². The third-order valence-electron chi connectivity index (χ3n) is 6.41. The van der Waals surface area contributed by atoms with Gasteiger partial charge in [0, 0.05) is 17.7 Å². The molecule has 0 aromatic rings. The summed E-state index contributed by atoms with van der Waals surface area (Å²) in [5, 5.41) is 13.7. The number of nitrogens with zero attached hydrogens (tertiary/aromatic N) is 1. The third kappa shape index (κ3) is 10.6. The predicted octanol–water partition coefficient (Wildman–Crippen LogP) is 7.85. The molecule has 3 heteroatoms. The van der Waals surface area contributed by atoms with E-state index in [2.05, 4.69) is 6.92 Å². The third-order valence-corrected chi connectivity index (χ3v) is 6.41. The lowest BCUT2D eigenvalue weighted by molar-refractivity contribution is -0.301. The Morgan fingerprint density at radius 2 is 1.04 bits per heavy atom. The van der Waals surface area contributed by atoms with Crippen LogP contribution in [0.1, 0.15) is 137 Å². The van der Waals surface area contributed by atoms with Crippen molar-refractivity contribution in [3.63, 3.8) is 0 Å². The molecule has 0 bridgehead atoms. The molecule has 1 aliphatic heterocycles. The average molecular weight is 397 g/mol. The van der Waals surface area contributed by atoms with Crippen LogP contribution in [0.5, 0.6) is 0 Å². The first-order valence-electron chi connectivity index (χ1n) is 12.4. The van der Waals surface area contributed by atoms with Crippen LogP contribution in [-0.4, -0.2) is 28.9 Å². The van der Waals surface area contributed by atoms with E-state index in [0.29, 0.717) is 0 Å². The molecule has 1 saturated heterocycles. The first kappa shape index (κ1) is 25.9. The molecule has 0 aliphatic carbocycles. The van der Waals surface area contributed by atoms with Crippen molar-refractivity contribution in [1.82, 2.24) is 5.06 Å². The van der Waals surface area contributed by atoms with E-state index in [1.54, 1.807) is 0 Å².